The SMILES string of the molecule is Cc1ccc(-c2nnc(SCc3cccc(Br)c3)n2-c2ccccc2)cc1Cl. The summed E-state index contributed by atoms with van der Waals surface area (Å²) < 4.78 is 3.16. The second-order valence-electron chi connectivity index (χ2n) is 6.36. The van der Waals surface area contributed by atoms with Gasteiger partial charge in [0, 0.05) is 26.5 Å². The molecule has 0 N–H and O–H groups in total. The van der Waals surface area contributed by atoms with Gasteiger partial charge in [-0.15, -0.1) is 10.2 Å². The minimum atomic E-state index is 0.725. The fourth-order valence-corrected chi connectivity index (χ4v) is 4.39. The largest absolute Gasteiger partial charge is 0.270 e. The van der Waals surface area contributed by atoms with Crippen molar-refractivity contribution in [2.75, 3.05) is 0 Å². The van der Waals surface area contributed by atoms with E-state index >= 15 is 0 Å². The van der Waals surface area contributed by atoms with Crippen LogP contribution in [-0.2, 0) is 5.75 Å². The Kier molecular flexibility index (Phi) is 5.85. The second-order valence-corrected chi connectivity index (χ2v) is 8.63. The standard InChI is InChI=1S/C22H17BrClN3S/c1-15-10-11-17(13-20(15)24)21-25-26-22(27(21)19-8-3-2-4-9-19)28-14-16-6-5-7-18(23)12-16/h2-13H,14H2,1H3. The van der Waals surface area contributed by atoms with Gasteiger partial charge < -0.3 is 0 Å². The van der Waals surface area contributed by atoms with Gasteiger partial charge in [0.1, 0.15) is 0 Å². The lowest BCUT2D eigenvalue weighted by atomic mass is 10.1. The van der Waals surface area contributed by atoms with E-state index in [1.165, 1.54) is 5.56 Å². The molecular weight excluding hydrogens is 454 g/mol. The van der Waals surface area contributed by atoms with E-state index < -0.39 is 0 Å². The van der Waals surface area contributed by atoms with Crippen LogP contribution in [0, 0.1) is 6.92 Å². The maximum Gasteiger partial charge on any atom is 0.196 e. The van der Waals surface area contributed by atoms with Crippen LogP contribution < -0.4 is 0 Å². The molecule has 0 aliphatic carbocycles. The van der Waals surface area contributed by atoms with Crippen molar-refractivity contribution in [3.63, 3.8) is 0 Å². The number of nitrogens with zero attached hydrogens (tertiary/aromatic N) is 3. The van der Waals surface area contributed by atoms with E-state index in [9.17, 15) is 0 Å². The average molecular weight is 471 g/mol. The van der Waals surface area contributed by atoms with E-state index in [1.54, 1.807) is 11.8 Å². The predicted molar refractivity (Wildman–Crippen MR) is 120 cm³/mol. The first-order chi connectivity index (χ1) is 13.6. The molecular formula is C22H17BrClN3S. The minimum Gasteiger partial charge on any atom is -0.270 e. The highest BCUT2D eigenvalue weighted by Crippen LogP contribution is 2.31. The van der Waals surface area contributed by atoms with Crippen LogP contribution in [0.4, 0.5) is 0 Å². The topological polar surface area (TPSA) is 30.7 Å². The first kappa shape index (κ1) is 19.2. The van der Waals surface area contributed by atoms with Crippen LogP contribution in [0.15, 0.2) is 82.4 Å². The highest BCUT2D eigenvalue weighted by Gasteiger charge is 2.17. The Morgan fingerprint density at radius 3 is 2.54 bits per heavy atom. The van der Waals surface area contributed by atoms with Crippen LogP contribution in [0.1, 0.15) is 11.1 Å². The molecule has 6 heteroatoms. The molecule has 0 fully saturated rings. The smallest absolute Gasteiger partial charge is 0.196 e. The lowest BCUT2D eigenvalue weighted by Gasteiger charge is -2.11. The third-order valence-electron chi connectivity index (χ3n) is 4.33. The Labute approximate surface area is 181 Å². The highest BCUT2D eigenvalue weighted by molar-refractivity contribution is 9.10. The summed E-state index contributed by atoms with van der Waals surface area (Å²) in [4.78, 5) is 0. The maximum absolute atomic E-state index is 6.36. The molecule has 0 atom stereocenters. The lowest BCUT2D eigenvalue weighted by Crippen LogP contribution is -1.99. The summed E-state index contributed by atoms with van der Waals surface area (Å²) in [7, 11) is 0. The number of rotatable bonds is 5. The molecule has 4 rings (SSSR count). The molecule has 1 aromatic heterocycles. The van der Waals surface area contributed by atoms with Gasteiger partial charge in [-0.1, -0.05) is 81.8 Å². The Bertz CT molecular complexity index is 1110. The number of thioether (sulfide) groups is 1. The van der Waals surface area contributed by atoms with Crippen molar-refractivity contribution in [2.24, 2.45) is 0 Å². The highest BCUT2D eigenvalue weighted by atomic mass is 79.9. The van der Waals surface area contributed by atoms with Crippen molar-refractivity contribution < 1.29 is 0 Å². The van der Waals surface area contributed by atoms with Gasteiger partial charge in [-0.3, -0.25) is 4.57 Å². The van der Waals surface area contributed by atoms with Crippen LogP contribution in [0.2, 0.25) is 5.02 Å². The third-order valence-corrected chi connectivity index (χ3v) is 6.24. The molecule has 0 saturated carbocycles. The van der Waals surface area contributed by atoms with Crippen molar-refractivity contribution in [1.29, 1.82) is 0 Å². The van der Waals surface area contributed by atoms with E-state index in [-0.39, 0.29) is 0 Å². The predicted octanol–water partition coefficient (Wildman–Crippen LogP) is 6.95. The van der Waals surface area contributed by atoms with Crippen LogP contribution >= 0.6 is 39.3 Å². The van der Waals surface area contributed by atoms with E-state index in [0.29, 0.717) is 0 Å². The van der Waals surface area contributed by atoms with Gasteiger partial charge in [0.15, 0.2) is 11.0 Å². The molecule has 1 heterocycles. The number of benzene rings is 3. The van der Waals surface area contributed by atoms with Crippen LogP contribution in [0.3, 0.4) is 0 Å². The van der Waals surface area contributed by atoms with Crippen LogP contribution in [-0.4, -0.2) is 14.8 Å². The first-order valence-electron chi connectivity index (χ1n) is 8.76. The summed E-state index contributed by atoms with van der Waals surface area (Å²) in [6.45, 7) is 1.99. The molecule has 0 unspecified atom stereocenters. The zero-order valence-electron chi connectivity index (χ0n) is 15.1. The number of hydrogen-bond donors (Lipinski definition) is 0. The van der Waals surface area contributed by atoms with Gasteiger partial charge in [-0.05, 0) is 48.4 Å². The summed E-state index contributed by atoms with van der Waals surface area (Å²) in [5.41, 5.74) is 4.24. The molecule has 0 aliphatic heterocycles. The van der Waals surface area contributed by atoms with Crippen LogP contribution in [0.25, 0.3) is 17.1 Å². The Morgan fingerprint density at radius 1 is 0.964 bits per heavy atom. The van der Waals surface area contributed by atoms with Crippen LogP contribution in [0.5, 0.6) is 0 Å². The number of aromatic nitrogens is 3. The Morgan fingerprint density at radius 2 is 1.79 bits per heavy atom. The first-order valence-corrected chi connectivity index (χ1v) is 10.9. The van der Waals surface area contributed by atoms with Gasteiger partial charge >= 0.3 is 0 Å². The van der Waals surface area contributed by atoms with Crippen molar-refractivity contribution in [3.05, 3.63) is 93.4 Å². The summed E-state index contributed by atoms with van der Waals surface area (Å²) in [5.74, 6) is 1.59. The van der Waals surface area contributed by atoms with E-state index in [0.717, 1.165) is 43.0 Å². The molecule has 3 aromatic carbocycles. The summed E-state index contributed by atoms with van der Waals surface area (Å²) in [6, 6.07) is 24.5. The molecule has 140 valence electrons. The zero-order valence-corrected chi connectivity index (χ0v) is 18.3. The minimum absolute atomic E-state index is 0.725. The molecule has 0 radical (unpaired) electrons. The normalized spacial score (nSPS) is 11.0. The van der Waals surface area contributed by atoms with E-state index in [4.69, 9.17) is 11.6 Å². The maximum atomic E-state index is 6.36. The Hall–Kier alpha value is -2.08. The summed E-state index contributed by atoms with van der Waals surface area (Å²) in [5, 5.41) is 10.5. The molecule has 0 saturated heterocycles. The van der Waals surface area contributed by atoms with Gasteiger partial charge in [0.05, 0.1) is 0 Å². The van der Waals surface area contributed by atoms with Gasteiger partial charge in [-0.2, -0.15) is 0 Å². The number of para-hydroxylation sites is 1. The van der Waals surface area contributed by atoms with Gasteiger partial charge in [0.25, 0.3) is 0 Å². The molecule has 0 bridgehead atoms. The fourth-order valence-electron chi connectivity index (χ4n) is 2.87. The monoisotopic (exact) mass is 469 g/mol. The number of halogens is 2. The molecule has 3 nitrogen and oxygen atoms in total. The van der Waals surface area contributed by atoms with Gasteiger partial charge in [-0.25, -0.2) is 0 Å². The molecule has 0 aliphatic rings. The average Bonchev–Trinajstić information content (AvgIpc) is 3.13. The number of aryl methyl sites for hydroxylation is 1. The fraction of sp³-hybridized carbons (Fsp3) is 0.0909. The van der Waals surface area contributed by atoms with Crippen molar-refractivity contribution in [3.8, 4) is 17.1 Å². The molecule has 28 heavy (non-hydrogen) atoms. The molecule has 0 spiro atoms. The third kappa shape index (κ3) is 4.17. The summed E-state index contributed by atoms with van der Waals surface area (Å²) >= 11 is 11.6. The Balaban J connectivity index is 1.74. The van der Waals surface area contributed by atoms with Crippen molar-refractivity contribution in [1.82, 2.24) is 14.8 Å². The number of hydrogen-bond acceptors (Lipinski definition) is 3. The molecule has 0 amide bonds. The zero-order chi connectivity index (χ0) is 19.5. The second kappa shape index (κ2) is 8.52. The van der Waals surface area contributed by atoms with E-state index in [2.05, 4.69) is 55.0 Å². The van der Waals surface area contributed by atoms with Crippen molar-refractivity contribution >= 4 is 39.3 Å². The summed E-state index contributed by atoms with van der Waals surface area (Å²) in [6.07, 6.45) is 0. The quantitative estimate of drug-likeness (QED) is 0.296. The lowest BCUT2D eigenvalue weighted by molar-refractivity contribution is 0.886. The van der Waals surface area contributed by atoms with Crippen molar-refractivity contribution in [2.45, 2.75) is 17.8 Å². The molecule has 4 aromatic rings. The van der Waals surface area contributed by atoms with E-state index in [1.807, 2.05) is 55.5 Å². The van der Waals surface area contributed by atoms with Gasteiger partial charge in [0.2, 0.25) is 0 Å².